The molecular formula is C59H100O6. The molecule has 1 unspecified atom stereocenters. The highest BCUT2D eigenvalue weighted by Gasteiger charge is 2.19. The average molecular weight is 905 g/mol. The molecule has 1 atom stereocenters. The summed E-state index contributed by atoms with van der Waals surface area (Å²) in [6.45, 7) is 6.46. The molecule has 0 amide bonds. The molecule has 0 radical (unpaired) electrons. The van der Waals surface area contributed by atoms with E-state index in [-0.39, 0.29) is 31.1 Å². The van der Waals surface area contributed by atoms with Gasteiger partial charge in [0.25, 0.3) is 0 Å². The fourth-order valence-corrected chi connectivity index (χ4v) is 7.31. The summed E-state index contributed by atoms with van der Waals surface area (Å²) in [6.07, 6.45) is 68.5. The van der Waals surface area contributed by atoms with Gasteiger partial charge in [0.15, 0.2) is 6.10 Å². The van der Waals surface area contributed by atoms with E-state index < -0.39 is 6.10 Å². The van der Waals surface area contributed by atoms with Gasteiger partial charge in [-0.25, -0.2) is 0 Å². The predicted molar refractivity (Wildman–Crippen MR) is 279 cm³/mol. The first-order valence-corrected chi connectivity index (χ1v) is 27.1. The summed E-state index contributed by atoms with van der Waals surface area (Å²) in [6, 6.07) is 0. The van der Waals surface area contributed by atoms with Crippen LogP contribution in [-0.2, 0) is 28.6 Å². The number of hydrogen-bond donors (Lipinski definition) is 0. The lowest BCUT2D eigenvalue weighted by Crippen LogP contribution is -2.30. The summed E-state index contributed by atoms with van der Waals surface area (Å²) < 4.78 is 16.8. The Hall–Kier alpha value is -3.41. The zero-order valence-electron chi connectivity index (χ0n) is 42.5. The SMILES string of the molecule is CC/C=C\C/C=C\C/C=C\C/C=C\C/C=C\CCCCCCCC(=O)OCC(COC(=O)CCCCCCCCCCCCCC)OC(=O)CCCCCCC/C=C\C/C=C\CCCC. The van der Waals surface area contributed by atoms with E-state index in [0.29, 0.717) is 19.3 Å². The quantitative estimate of drug-likeness (QED) is 0.0262. The number of carbonyl (C=O) groups excluding carboxylic acids is 3. The first-order chi connectivity index (χ1) is 32.0. The second-order valence-electron chi connectivity index (χ2n) is 17.8. The minimum Gasteiger partial charge on any atom is -0.462 e. The van der Waals surface area contributed by atoms with Gasteiger partial charge >= 0.3 is 17.9 Å². The van der Waals surface area contributed by atoms with Crippen LogP contribution < -0.4 is 0 Å². The molecule has 0 aliphatic heterocycles. The third kappa shape index (κ3) is 51.4. The van der Waals surface area contributed by atoms with Crippen LogP contribution in [0.1, 0.15) is 252 Å². The van der Waals surface area contributed by atoms with Crippen molar-refractivity contribution in [1.82, 2.24) is 0 Å². The Kier molecular flexibility index (Phi) is 50.4. The van der Waals surface area contributed by atoms with Crippen molar-refractivity contribution in [2.45, 2.75) is 258 Å². The van der Waals surface area contributed by atoms with Crippen LogP contribution >= 0.6 is 0 Å². The van der Waals surface area contributed by atoms with E-state index in [0.717, 1.165) is 135 Å². The monoisotopic (exact) mass is 905 g/mol. The van der Waals surface area contributed by atoms with Gasteiger partial charge in [-0.1, -0.05) is 228 Å². The molecule has 372 valence electrons. The third-order valence-corrected chi connectivity index (χ3v) is 11.4. The second-order valence-corrected chi connectivity index (χ2v) is 17.8. The smallest absolute Gasteiger partial charge is 0.306 e. The molecule has 65 heavy (non-hydrogen) atoms. The number of carbonyl (C=O) groups is 3. The molecule has 0 spiro atoms. The summed E-state index contributed by atoms with van der Waals surface area (Å²) in [7, 11) is 0. The van der Waals surface area contributed by atoms with Gasteiger partial charge in [-0.05, 0) is 89.9 Å². The maximum absolute atomic E-state index is 12.8. The molecule has 6 heteroatoms. The van der Waals surface area contributed by atoms with Gasteiger partial charge in [0.2, 0.25) is 0 Å². The molecule has 0 saturated heterocycles. The number of allylic oxidation sites excluding steroid dienone is 14. The van der Waals surface area contributed by atoms with Crippen molar-refractivity contribution in [3.63, 3.8) is 0 Å². The molecule has 0 N–H and O–H groups in total. The molecule has 0 bridgehead atoms. The highest BCUT2D eigenvalue weighted by atomic mass is 16.6. The molecule has 0 saturated carbocycles. The normalized spacial score (nSPS) is 12.7. The van der Waals surface area contributed by atoms with Gasteiger partial charge in [0.1, 0.15) is 13.2 Å². The van der Waals surface area contributed by atoms with Crippen LogP contribution in [0.5, 0.6) is 0 Å². The number of hydrogen-bond acceptors (Lipinski definition) is 6. The van der Waals surface area contributed by atoms with Crippen LogP contribution in [-0.4, -0.2) is 37.2 Å². The van der Waals surface area contributed by atoms with Gasteiger partial charge in [-0.15, -0.1) is 0 Å². The Morgan fingerprint density at radius 1 is 0.323 bits per heavy atom. The maximum atomic E-state index is 12.8. The lowest BCUT2D eigenvalue weighted by molar-refractivity contribution is -0.167. The minimum atomic E-state index is -0.790. The maximum Gasteiger partial charge on any atom is 0.306 e. The molecule has 0 aliphatic carbocycles. The first kappa shape index (κ1) is 61.6. The Balaban J connectivity index is 4.40. The highest BCUT2D eigenvalue weighted by Crippen LogP contribution is 2.15. The minimum absolute atomic E-state index is 0.0873. The topological polar surface area (TPSA) is 78.9 Å². The Bertz CT molecular complexity index is 1270. The highest BCUT2D eigenvalue weighted by molar-refractivity contribution is 5.71. The summed E-state index contributed by atoms with van der Waals surface area (Å²) in [5.74, 6) is -0.919. The summed E-state index contributed by atoms with van der Waals surface area (Å²) in [4.78, 5) is 38.0. The molecule has 0 aromatic heterocycles. The average Bonchev–Trinajstić information content (AvgIpc) is 3.30. The van der Waals surface area contributed by atoms with E-state index in [1.54, 1.807) is 0 Å². The number of rotatable bonds is 48. The van der Waals surface area contributed by atoms with Gasteiger partial charge in [0, 0.05) is 19.3 Å². The van der Waals surface area contributed by atoms with Gasteiger partial charge in [-0.3, -0.25) is 14.4 Å². The van der Waals surface area contributed by atoms with E-state index in [1.807, 2.05) is 0 Å². The van der Waals surface area contributed by atoms with Gasteiger partial charge < -0.3 is 14.2 Å². The van der Waals surface area contributed by atoms with Crippen LogP contribution in [0.3, 0.4) is 0 Å². The Morgan fingerprint density at radius 3 is 0.985 bits per heavy atom. The molecule has 0 rings (SSSR count). The molecule has 0 heterocycles. The van der Waals surface area contributed by atoms with E-state index in [2.05, 4.69) is 106 Å². The lowest BCUT2D eigenvalue weighted by atomic mass is 10.0. The standard InChI is InChI=1S/C59H100O6/c1-4-7-10-13-16-19-22-25-27-28-29-30-31-32-33-35-37-40-43-46-49-52-58(61)64-55-56(54-63-57(60)51-48-45-42-39-36-24-21-18-15-12-9-6-3)65-59(62)53-50-47-44-41-38-34-26-23-20-17-14-11-8-5-2/h7,10,14,16-17,19,23,25-27,29-30,32-33,56H,4-6,8-9,11-13,15,18,20-22,24,28,31,34-55H2,1-3H3/b10-7-,17-14-,19-16-,26-23-,27-25-,30-29-,33-32-. The van der Waals surface area contributed by atoms with Crippen molar-refractivity contribution in [3.8, 4) is 0 Å². The van der Waals surface area contributed by atoms with Gasteiger partial charge in [-0.2, -0.15) is 0 Å². The van der Waals surface area contributed by atoms with Crippen molar-refractivity contribution in [1.29, 1.82) is 0 Å². The van der Waals surface area contributed by atoms with Crippen molar-refractivity contribution >= 4 is 17.9 Å². The van der Waals surface area contributed by atoms with Crippen LogP contribution in [0, 0.1) is 0 Å². The molecule has 0 aliphatic rings. The molecule has 0 aromatic rings. The fourth-order valence-electron chi connectivity index (χ4n) is 7.31. The van der Waals surface area contributed by atoms with E-state index >= 15 is 0 Å². The van der Waals surface area contributed by atoms with Crippen molar-refractivity contribution in [2.24, 2.45) is 0 Å². The van der Waals surface area contributed by atoms with Crippen LogP contribution in [0.25, 0.3) is 0 Å². The molecule has 6 nitrogen and oxygen atoms in total. The molecular weight excluding hydrogens is 805 g/mol. The zero-order valence-corrected chi connectivity index (χ0v) is 42.5. The van der Waals surface area contributed by atoms with Crippen LogP contribution in [0.2, 0.25) is 0 Å². The number of ether oxygens (including phenoxy) is 3. The van der Waals surface area contributed by atoms with Gasteiger partial charge in [0.05, 0.1) is 0 Å². The van der Waals surface area contributed by atoms with Crippen LogP contribution in [0.4, 0.5) is 0 Å². The Labute approximate surface area is 401 Å². The first-order valence-electron chi connectivity index (χ1n) is 27.1. The van der Waals surface area contributed by atoms with E-state index in [1.165, 1.54) is 77.0 Å². The van der Waals surface area contributed by atoms with E-state index in [4.69, 9.17) is 14.2 Å². The van der Waals surface area contributed by atoms with Crippen molar-refractivity contribution < 1.29 is 28.6 Å². The molecule has 0 aromatic carbocycles. The van der Waals surface area contributed by atoms with Crippen molar-refractivity contribution in [2.75, 3.05) is 13.2 Å². The summed E-state index contributed by atoms with van der Waals surface area (Å²) in [5, 5.41) is 0. The fraction of sp³-hybridized carbons (Fsp3) is 0.712. The zero-order chi connectivity index (χ0) is 47.2. The number of esters is 3. The Morgan fingerprint density at radius 2 is 0.615 bits per heavy atom. The van der Waals surface area contributed by atoms with Crippen molar-refractivity contribution in [3.05, 3.63) is 85.1 Å². The summed E-state index contributed by atoms with van der Waals surface area (Å²) in [5.41, 5.74) is 0. The van der Waals surface area contributed by atoms with Crippen LogP contribution in [0.15, 0.2) is 85.1 Å². The lowest BCUT2D eigenvalue weighted by Gasteiger charge is -2.18. The second kappa shape index (κ2) is 53.2. The van der Waals surface area contributed by atoms with E-state index in [9.17, 15) is 14.4 Å². The third-order valence-electron chi connectivity index (χ3n) is 11.4. The number of unbranched alkanes of at least 4 members (excludes halogenated alkanes) is 23. The predicted octanol–water partition coefficient (Wildman–Crippen LogP) is 18.0. The molecule has 0 fully saturated rings. The summed E-state index contributed by atoms with van der Waals surface area (Å²) >= 11 is 0. The largest absolute Gasteiger partial charge is 0.462 e.